The van der Waals surface area contributed by atoms with Gasteiger partial charge in [0.1, 0.15) is 23.1 Å². The first-order valence-corrected chi connectivity index (χ1v) is 12.0. The van der Waals surface area contributed by atoms with Crippen LogP contribution in [0.5, 0.6) is 0 Å². The highest BCUT2D eigenvalue weighted by Crippen LogP contribution is 2.29. The lowest BCUT2D eigenvalue weighted by Gasteiger charge is -2.30. The fraction of sp³-hybridized carbons (Fsp3) is 0.261. The largest absolute Gasteiger partial charge is 0.355 e. The SMILES string of the molecule is Cc1noc(C=Cc2ccc(F)cc2F)c1S(=O)(=O)N1CCC(C(=O)Nc2ccccn2)CC1. The molecule has 11 heteroatoms. The maximum Gasteiger partial charge on any atom is 0.248 e. The smallest absolute Gasteiger partial charge is 0.248 e. The van der Waals surface area contributed by atoms with E-state index in [9.17, 15) is 22.0 Å². The summed E-state index contributed by atoms with van der Waals surface area (Å²) in [6, 6.07) is 8.25. The van der Waals surface area contributed by atoms with E-state index in [0.717, 1.165) is 12.1 Å². The van der Waals surface area contributed by atoms with E-state index in [0.29, 0.717) is 18.7 Å². The fourth-order valence-corrected chi connectivity index (χ4v) is 5.47. The Labute approximate surface area is 195 Å². The van der Waals surface area contributed by atoms with Crippen molar-refractivity contribution in [2.75, 3.05) is 18.4 Å². The molecule has 1 fully saturated rings. The topological polar surface area (TPSA) is 105 Å². The molecular weight excluding hydrogens is 466 g/mol. The van der Waals surface area contributed by atoms with E-state index in [1.54, 1.807) is 24.4 Å². The highest BCUT2D eigenvalue weighted by molar-refractivity contribution is 7.89. The maximum atomic E-state index is 13.9. The summed E-state index contributed by atoms with van der Waals surface area (Å²) in [4.78, 5) is 16.5. The van der Waals surface area contributed by atoms with Gasteiger partial charge in [-0.2, -0.15) is 4.31 Å². The molecule has 0 spiro atoms. The Morgan fingerprint density at radius 1 is 1.18 bits per heavy atom. The van der Waals surface area contributed by atoms with E-state index in [-0.39, 0.29) is 46.8 Å². The number of hydrogen-bond donors (Lipinski definition) is 1. The van der Waals surface area contributed by atoms with Crippen molar-refractivity contribution in [1.82, 2.24) is 14.4 Å². The van der Waals surface area contributed by atoms with Crippen LogP contribution in [0.15, 0.2) is 52.0 Å². The molecule has 3 aromatic rings. The minimum atomic E-state index is -3.98. The van der Waals surface area contributed by atoms with Gasteiger partial charge in [-0.15, -0.1) is 0 Å². The van der Waals surface area contributed by atoms with E-state index >= 15 is 0 Å². The quantitative estimate of drug-likeness (QED) is 0.565. The summed E-state index contributed by atoms with van der Waals surface area (Å²) in [6.07, 6.45) is 4.84. The number of nitrogens with zero attached hydrogens (tertiary/aromatic N) is 3. The number of anilines is 1. The van der Waals surface area contributed by atoms with Gasteiger partial charge >= 0.3 is 0 Å². The van der Waals surface area contributed by atoms with Crippen molar-refractivity contribution >= 4 is 33.9 Å². The highest BCUT2D eigenvalue weighted by Gasteiger charge is 2.36. The van der Waals surface area contributed by atoms with Crippen LogP contribution in [0.3, 0.4) is 0 Å². The predicted molar refractivity (Wildman–Crippen MR) is 121 cm³/mol. The number of rotatable bonds is 6. The Kier molecular flexibility index (Phi) is 6.85. The van der Waals surface area contributed by atoms with Gasteiger partial charge in [-0.25, -0.2) is 22.2 Å². The molecule has 2 aromatic heterocycles. The van der Waals surface area contributed by atoms with Crippen molar-refractivity contribution in [1.29, 1.82) is 0 Å². The number of carbonyl (C=O) groups excluding carboxylic acids is 1. The van der Waals surface area contributed by atoms with E-state index in [2.05, 4.69) is 15.5 Å². The van der Waals surface area contributed by atoms with Crippen molar-refractivity contribution in [2.24, 2.45) is 5.92 Å². The molecule has 1 amide bonds. The zero-order valence-corrected chi connectivity index (χ0v) is 19.1. The molecule has 0 bridgehead atoms. The van der Waals surface area contributed by atoms with E-state index < -0.39 is 21.7 Å². The van der Waals surface area contributed by atoms with Gasteiger partial charge in [0.05, 0.1) is 0 Å². The van der Waals surface area contributed by atoms with Gasteiger partial charge in [0.15, 0.2) is 10.7 Å². The Hall–Kier alpha value is -3.44. The van der Waals surface area contributed by atoms with Gasteiger partial charge in [-0.3, -0.25) is 4.79 Å². The zero-order chi connectivity index (χ0) is 24.3. The number of aromatic nitrogens is 2. The van der Waals surface area contributed by atoms with Crippen LogP contribution in [0.1, 0.15) is 29.9 Å². The standard InChI is InChI=1S/C23H22F2N4O4S/c1-15-22(20(33-28-15)8-6-16-5-7-18(24)14-19(16)25)34(31,32)29-12-9-17(10-13-29)23(30)27-21-4-2-3-11-26-21/h2-8,11,14,17H,9-10,12-13H2,1H3,(H,26,27,30). The maximum absolute atomic E-state index is 13.9. The summed E-state index contributed by atoms with van der Waals surface area (Å²) >= 11 is 0. The predicted octanol–water partition coefficient (Wildman–Crippen LogP) is 3.87. The Balaban J connectivity index is 1.47. The molecular formula is C23H22F2N4O4S. The summed E-state index contributed by atoms with van der Waals surface area (Å²) in [5.74, 6) is -1.68. The average molecular weight is 489 g/mol. The van der Waals surface area contributed by atoms with Crippen LogP contribution in [-0.4, -0.2) is 41.9 Å². The second-order valence-corrected chi connectivity index (χ2v) is 9.72. The van der Waals surface area contributed by atoms with Crippen LogP contribution in [0, 0.1) is 24.5 Å². The number of sulfonamides is 1. The number of halogens is 2. The molecule has 0 atom stereocenters. The molecule has 178 valence electrons. The Morgan fingerprint density at radius 2 is 1.94 bits per heavy atom. The third kappa shape index (κ3) is 5.05. The molecule has 1 aliphatic rings. The molecule has 0 radical (unpaired) electrons. The van der Waals surface area contributed by atoms with Crippen LogP contribution in [0.25, 0.3) is 12.2 Å². The number of piperidine rings is 1. The molecule has 1 aliphatic heterocycles. The number of hydrogen-bond acceptors (Lipinski definition) is 6. The second kappa shape index (κ2) is 9.82. The third-order valence-corrected chi connectivity index (χ3v) is 7.61. The fourth-order valence-electron chi connectivity index (χ4n) is 3.75. The number of amides is 1. The molecule has 0 saturated carbocycles. The molecule has 0 unspecified atom stereocenters. The minimum absolute atomic E-state index is 0.0590. The summed E-state index contributed by atoms with van der Waals surface area (Å²) in [5.41, 5.74) is 0.229. The monoisotopic (exact) mass is 488 g/mol. The normalized spacial score (nSPS) is 15.6. The van der Waals surface area contributed by atoms with Gasteiger partial charge in [-0.1, -0.05) is 11.2 Å². The average Bonchev–Trinajstić information content (AvgIpc) is 3.20. The van der Waals surface area contributed by atoms with Gasteiger partial charge in [0, 0.05) is 36.8 Å². The molecule has 8 nitrogen and oxygen atoms in total. The van der Waals surface area contributed by atoms with Crippen LogP contribution < -0.4 is 5.32 Å². The summed E-state index contributed by atoms with van der Waals surface area (Å²) < 4.78 is 60.2. The summed E-state index contributed by atoms with van der Waals surface area (Å²) in [6.45, 7) is 1.78. The number of carbonyl (C=O) groups is 1. The van der Waals surface area contributed by atoms with Crippen molar-refractivity contribution < 1.29 is 26.5 Å². The van der Waals surface area contributed by atoms with Crippen LogP contribution in [-0.2, 0) is 14.8 Å². The molecule has 1 saturated heterocycles. The van der Waals surface area contributed by atoms with Crippen LogP contribution in [0.4, 0.5) is 14.6 Å². The van der Waals surface area contributed by atoms with Crippen molar-refractivity contribution in [2.45, 2.75) is 24.7 Å². The lowest BCUT2D eigenvalue weighted by Crippen LogP contribution is -2.41. The van der Waals surface area contributed by atoms with Gasteiger partial charge in [-0.05, 0) is 56.2 Å². The van der Waals surface area contributed by atoms with Crippen LogP contribution >= 0.6 is 0 Å². The van der Waals surface area contributed by atoms with Gasteiger partial charge < -0.3 is 9.84 Å². The van der Waals surface area contributed by atoms with Gasteiger partial charge in [0.2, 0.25) is 15.9 Å². The molecule has 3 heterocycles. The minimum Gasteiger partial charge on any atom is -0.355 e. The molecule has 34 heavy (non-hydrogen) atoms. The lowest BCUT2D eigenvalue weighted by atomic mass is 9.97. The van der Waals surface area contributed by atoms with E-state index in [1.165, 1.54) is 29.4 Å². The second-order valence-electron chi connectivity index (χ2n) is 7.84. The van der Waals surface area contributed by atoms with E-state index in [1.807, 2.05) is 0 Å². The number of pyridine rings is 1. The lowest BCUT2D eigenvalue weighted by molar-refractivity contribution is -0.120. The van der Waals surface area contributed by atoms with Crippen molar-refractivity contribution in [3.05, 3.63) is 71.2 Å². The third-order valence-electron chi connectivity index (χ3n) is 5.55. The van der Waals surface area contributed by atoms with Crippen molar-refractivity contribution in [3.63, 3.8) is 0 Å². The molecule has 4 rings (SSSR count). The number of nitrogens with one attached hydrogen (secondary N) is 1. The number of benzene rings is 1. The highest BCUT2D eigenvalue weighted by atomic mass is 32.2. The van der Waals surface area contributed by atoms with Crippen molar-refractivity contribution in [3.8, 4) is 0 Å². The molecule has 0 aliphatic carbocycles. The van der Waals surface area contributed by atoms with E-state index in [4.69, 9.17) is 4.52 Å². The molecule has 1 N–H and O–H groups in total. The summed E-state index contributed by atoms with van der Waals surface area (Å²) in [5, 5.41) is 6.50. The summed E-state index contributed by atoms with van der Waals surface area (Å²) in [7, 11) is -3.98. The van der Waals surface area contributed by atoms with Gasteiger partial charge in [0.25, 0.3) is 0 Å². The molecule has 1 aromatic carbocycles. The number of aryl methyl sites for hydroxylation is 1. The first kappa shape index (κ1) is 23.7. The Morgan fingerprint density at radius 3 is 2.62 bits per heavy atom. The first-order chi connectivity index (χ1) is 16.3. The Bertz CT molecular complexity index is 1320. The first-order valence-electron chi connectivity index (χ1n) is 10.6. The zero-order valence-electron chi connectivity index (χ0n) is 18.2. The van der Waals surface area contributed by atoms with Crippen LogP contribution in [0.2, 0.25) is 0 Å².